The van der Waals surface area contributed by atoms with Crippen LogP contribution in [0.2, 0.25) is 5.02 Å². The Kier molecular flexibility index (Phi) is 6.60. The molecule has 0 unspecified atom stereocenters. The number of ether oxygens (including phenoxy) is 1. The van der Waals surface area contributed by atoms with Crippen molar-refractivity contribution in [2.24, 2.45) is 0 Å². The molecule has 1 aliphatic rings. The van der Waals surface area contributed by atoms with Crippen molar-refractivity contribution in [1.82, 2.24) is 10.3 Å². The van der Waals surface area contributed by atoms with Gasteiger partial charge in [-0.2, -0.15) is 0 Å². The zero-order valence-electron chi connectivity index (χ0n) is 17.7. The first-order valence-electron chi connectivity index (χ1n) is 10.1. The van der Waals surface area contributed by atoms with Crippen molar-refractivity contribution in [1.29, 1.82) is 0 Å². The molecule has 7 nitrogen and oxygen atoms in total. The molecule has 2 heterocycles. The molecule has 34 heavy (non-hydrogen) atoms. The number of urea groups is 1. The standard InChI is InChI=1S/C23H18ClF3N4O3/c1-34-21-14(3-2-9-28-21)13-5-7-18(20(27)19(13)26)31-10-8-17(22(31)32)30-23(33)29-16-6-4-12(24)11-15(16)25/h2-7,9,11,17H,8,10H2,1H3,(H2,29,30,33)/t17-/m1/s1. The van der Waals surface area contributed by atoms with Crippen LogP contribution in [0.25, 0.3) is 11.1 Å². The summed E-state index contributed by atoms with van der Waals surface area (Å²) in [6.45, 7) is 0.0466. The third-order valence-corrected chi connectivity index (χ3v) is 5.53. The minimum atomic E-state index is -1.22. The summed E-state index contributed by atoms with van der Waals surface area (Å²) in [5.74, 6) is -3.63. The zero-order valence-corrected chi connectivity index (χ0v) is 18.5. The van der Waals surface area contributed by atoms with Crippen LogP contribution in [-0.4, -0.2) is 36.6 Å². The van der Waals surface area contributed by atoms with Crippen LogP contribution in [0, 0.1) is 17.5 Å². The van der Waals surface area contributed by atoms with Gasteiger partial charge in [0.15, 0.2) is 11.6 Å². The molecule has 3 aromatic rings. The second-order valence-corrected chi connectivity index (χ2v) is 7.81. The van der Waals surface area contributed by atoms with Crippen LogP contribution in [0.1, 0.15) is 6.42 Å². The van der Waals surface area contributed by atoms with E-state index in [1.807, 2.05) is 0 Å². The molecule has 0 bridgehead atoms. The van der Waals surface area contributed by atoms with E-state index < -0.39 is 35.4 Å². The van der Waals surface area contributed by atoms with E-state index in [-0.39, 0.29) is 46.4 Å². The van der Waals surface area contributed by atoms with E-state index in [2.05, 4.69) is 15.6 Å². The van der Waals surface area contributed by atoms with Gasteiger partial charge in [0.2, 0.25) is 11.8 Å². The van der Waals surface area contributed by atoms with Gasteiger partial charge in [-0.05, 0) is 48.9 Å². The van der Waals surface area contributed by atoms with E-state index in [1.54, 1.807) is 6.07 Å². The van der Waals surface area contributed by atoms with Crippen molar-refractivity contribution in [2.45, 2.75) is 12.5 Å². The topological polar surface area (TPSA) is 83.6 Å². The van der Waals surface area contributed by atoms with Crippen molar-refractivity contribution in [2.75, 3.05) is 23.9 Å². The van der Waals surface area contributed by atoms with Crippen LogP contribution in [0.4, 0.5) is 29.3 Å². The average Bonchev–Trinajstić information content (AvgIpc) is 3.17. The van der Waals surface area contributed by atoms with E-state index in [9.17, 15) is 22.8 Å². The first-order valence-corrected chi connectivity index (χ1v) is 10.5. The summed E-state index contributed by atoms with van der Waals surface area (Å²) < 4.78 is 48.9. The van der Waals surface area contributed by atoms with Gasteiger partial charge < -0.3 is 20.3 Å². The largest absolute Gasteiger partial charge is 0.481 e. The summed E-state index contributed by atoms with van der Waals surface area (Å²) in [6, 6.07) is 7.57. The molecule has 3 amide bonds. The number of benzene rings is 2. The number of aromatic nitrogens is 1. The molecule has 176 valence electrons. The lowest BCUT2D eigenvalue weighted by Crippen LogP contribution is -2.43. The fraction of sp³-hybridized carbons (Fsp3) is 0.174. The maximum atomic E-state index is 15.0. The maximum absolute atomic E-state index is 15.0. The minimum Gasteiger partial charge on any atom is -0.481 e. The zero-order chi connectivity index (χ0) is 24.4. The Morgan fingerprint density at radius 1 is 1.15 bits per heavy atom. The lowest BCUT2D eigenvalue weighted by molar-refractivity contribution is -0.118. The molecule has 1 atom stereocenters. The van der Waals surface area contributed by atoms with Crippen molar-refractivity contribution in [3.05, 3.63) is 71.1 Å². The maximum Gasteiger partial charge on any atom is 0.319 e. The Hall–Kier alpha value is -3.79. The number of pyridine rings is 1. The van der Waals surface area contributed by atoms with Gasteiger partial charge in [0.25, 0.3) is 0 Å². The Morgan fingerprint density at radius 2 is 1.94 bits per heavy atom. The van der Waals surface area contributed by atoms with Crippen LogP contribution in [0.3, 0.4) is 0 Å². The first kappa shape index (κ1) is 23.4. The SMILES string of the molecule is COc1ncccc1-c1ccc(N2CC[C@@H](NC(=O)Nc3ccc(Cl)cc3F)C2=O)c(F)c1F. The van der Waals surface area contributed by atoms with Gasteiger partial charge in [0, 0.05) is 28.9 Å². The summed E-state index contributed by atoms with van der Waals surface area (Å²) in [6.07, 6.45) is 1.60. The van der Waals surface area contributed by atoms with E-state index in [4.69, 9.17) is 16.3 Å². The Bertz CT molecular complexity index is 1270. The van der Waals surface area contributed by atoms with Gasteiger partial charge in [-0.15, -0.1) is 0 Å². The van der Waals surface area contributed by atoms with Crippen LogP contribution >= 0.6 is 11.6 Å². The summed E-state index contributed by atoms with van der Waals surface area (Å²) >= 11 is 5.68. The lowest BCUT2D eigenvalue weighted by atomic mass is 10.0. The fourth-order valence-electron chi connectivity index (χ4n) is 3.67. The molecule has 1 saturated heterocycles. The van der Waals surface area contributed by atoms with Gasteiger partial charge in [-0.25, -0.2) is 22.9 Å². The number of hydrogen-bond acceptors (Lipinski definition) is 4. The highest BCUT2D eigenvalue weighted by Gasteiger charge is 2.36. The lowest BCUT2D eigenvalue weighted by Gasteiger charge is -2.19. The minimum absolute atomic E-state index is 0.0466. The van der Waals surface area contributed by atoms with Crippen molar-refractivity contribution in [3.63, 3.8) is 0 Å². The monoisotopic (exact) mass is 490 g/mol. The van der Waals surface area contributed by atoms with Crippen molar-refractivity contribution >= 4 is 34.9 Å². The normalized spacial score (nSPS) is 15.4. The quantitative estimate of drug-likeness (QED) is 0.540. The molecule has 0 spiro atoms. The Balaban J connectivity index is 1.50. The van der Waals surface area contributed by atoms with Crippen molar-refractivity contribution < 1.29 is 27.5 Å². The van der Waals surface area contributed by atoms with Crippen molar-refractivity contribution in [3.8, 4) is 17.0 Å². The third kappa shape index (κ3) is 4.49. The first-order chi connectivity index (χ1) is 16.3. The molecular formula is C23H18ClF3N4O3. The number of hydrogen-bond donors (Lipinski definition) is 2. The molecule has 2 N–H and O–H groups in total. The molecule has 2 aromatic carbocycles. The number of carbonyl (C=O) groups excluding carboxylic acids is 2. The number of halogens is 4. The molecule has 0 saturated carbocycles. The molecule has 11 heteroatoms. The van der Waals surface area contributed by atoms with Crippen LogP contribution < -0.4 is 20.3 Å². The highest BCUT2D eigenvalue weighted by Crippen LogP contribution is 2.35. The molecule has 1 aliphatic heterocycles. The number of nitrogens with one attached hydrogen (secondary N) is 2. The van der Waals surface area contributed by atoms with Gasteiger partial charge in [0.05, 0.1) is 18.5 Å². The average molecular weight is 491 g/mol. The second-order valence-electron chi connectivity index (χ2n) is 7.37. The number of rotatable bonds is 5. The predicted molar refractivity (Wildman–Crippen MR) is 120 cm³/mol. The van der Waals surface area contributed by atoms with Gasteiger partial charge in [-0.3, -0.25) is 4.79 Å². The van der Waals surface area contributed by atoms with Gasteiger partial charge in [0.1, 0.15) is 11.9 Å². The summed E-state index contributed by atoms with van der Waals surface area (Å²) in [5, 5.41) is 4.87. The second kappa shape index (κ2) is 9.60. The number of nitrogens with zero attached hydrogens (tertiary/aromatic N) is 2. The van der Waals surface area contributed by atoms with E-state index in [0.717, 1.165) is 11.0 Å². The summed E-state index contributed by atoms with van der Waals surface area (Å²) in [4.78, 5) is 30.1. The Labute approximate surface area is 197 Å². The molecule has 1 aromatic heterocycles. The molecule has 1 fully saturated rings. The smallest absolute Gasteiger partial charge is 0.319 e. The summed E-state index contributed by atoms with van der Waals surface area (Å²) in [5.41, 5.74) is -0.204. The van der Waals surface area contributed by atoms with Crippen LogP contribution in [0.5, 0.6) is 5.88 Å². The van der Waals surface area contributed by atoms with E-state index in [0.29, 0.717) is 0 Å². The van der Waals surface area contributed by atoms with Gasteiger partial charge in [-0.1, -0.05) is 11.6 Å². The van der Waals surface area contributed by atoms with Crippen LogP contribution in [-0.2, 0) is 4.79 Å². The molecular weight excluding hydrogens is 473 g/mol. The highest BCUT2D eigenvalue weighted by molar-refractivity contribution is 6.30. The van der Waals surface area contributed by atoms with E-state index >= 15 is 0 Å². The Morgan fingerprint density at radius 3 is 2.68 bits per heavy atom. The molecule has 0 aliphatic carbocycles. The third-order valence-electron chi connectivity index (χ3n) is 5.30. The fourth-order valence-corrected chi connectivity index (χ4v) is 3.83. The molecule has 0 radical (unpaired) electrons. The van der Waals surface area contributed by atoms with Gasteiger partial charge >= 0.3 is 6.03 Å². The number of methoxy groups -OCH3 is 1. The highest BCUT2D eigenvalue weighted by atomic mass is 35.5. The van der Waals surface area contributed by atoms with Crippen LogP contribution in [0.15, 0.2) is 48.7 Å². The summed E-state index contributed by atoms with van der Waals surface area (Å²) in [7, 11) is 1.36. The molecule has 4 rings (SSSR count). The number of anilines is 2. The number of amides is 3. The predicted octanol–water partition coefficient (Wildman–Crippen LogP) is 4.75. The van der Waals surface area contributed by atoms with E-state index in [1.165, 1.54) is 43.6 Å². The number of carbonyl (C=O) groups is 2.